The van der Waals surface area contributed by atoms with Gasteiger partial charge in [-0.3, -0.25) is 0 Å². The van der Waals surface area contributed by atoms with E-state index in [2.05, 4.69) is 90.2 Å². The van der Waals surface area contributed by atoms with Crippen LogP contribution >= 0.6 is 11.3 Å². The van der Waals surface area contributed by atoms with Crippen LogP contribution in [0.25, 0.3) is 5.00 Å². The van der Waals surface area contributed by atoms with Crippen LogP contribution in [-0.2, 0) is 19.4 Å². The van der Waals surface area contributed by atoms with Crippen molar-refractivity contribution in [1.29, 1.82) is 0 Å². The molecule has 0 fully saturated rings. The van der Waals surface area contributed by atoms with Gasteiger partial charge in [-0.05, 0) is 67.0 Å². The third kappa shape index (κ3) is 4.05. The van der Waals surface area contributed by atoms with Crippen molar-refractivity contribution in [3.05, 3.63) is 69.9 Å². The number of thiophene rings is 1. The number of carbonyl (C=O) groups is 1. The Morgan fingerprint density at radius 3 is 2.61 bits per heavy atom. The number of benzene rings is 1. The Balaban J connectivity index is 1.63. The molecule has 1 aromatic carbocycles. The second-order valence-corrected chi connectivity index (χ2v) is 11.0. The minimum Gasteiger partial charge on any atom is -0.378 e. The van der Waals surface area contributed by atoms with Crippen LogP contribution in [0.15, 0.2) is 42.6 Å². The average molecular weight is 463 g/mol. The van der Waals surface area contributed by atoms with E-state index in [1.54, 1.807) is 0 Å². The van der Waals surface area contributed by atoms with Crippen LogP contribution in [0.4, 0.5) is 10.5 Å². The highest BCUT2D eigenvalue weighted by molar-refractivity contribution is 7.15. The molecule has 0 radical (unpaired) electrons. The standard InChI is InChI=1S/C27H34N4OS/c1-18(2)16-28-27(32)31-17-22-21-8-5-6-10-24(21)33-26(22)30-15-7-9-23(30)25(31)19-11-13-20(14-12-19)29(3)4/h7,9,11-15,18,25H,5-6,8,10,16-17H2,1-4H3,(H,28,32). The average Bonchev–Trinajstić information content (AvgIpc) is 3.39. The van der Waals surface area contributed by atoms with E-state index >= 15 is 0 Å². The molecule has 5 nitrogen and oxygen atoms in total. The summed E-state index contributed by atoms with van der Waals surface area (Å²) in [7, 11) is 4.11. The molecule has 1 aliphatic carbocycles. The number of aryl methyl sites for hydroxylation is 1. The Morgan fingerprint density at radius 2 is 1.88 bits per heavy atom. The van der Waals surface area contributed by atoms with Gasteiger partial charge < -0.3 is 19.7 Å². The van der Waals surface area contributed by atoms with Crippen molar-refractivity contribution >= 4 is 23.1 Å². The van der Waals surface area contributed by atoms with Crippen LogP contribution < -0.4 is 10.2 Å². The first-order valence-corrected chi connectivity index (χ1v) is 12.9. The number of anilines is 1. The second kappa shape index (κ2) is 8.90. The third-order valence-electron chi connectivity index (χ3n) is 6.83. The Bertz CT molecular complexity index is 1140. The predicted octanol–water partition coefficient (Wildman–Crippen LogP) is 5.75. The zero-order valence-electron chi connectivity index (χ0n) is 20.1. The summed E-state index contributed by atoms with van der Waals surface area (Å²) < 4.78 is 2.35. The first-order valence-electron chi connectivity index (χ1n) is 12.1. The van der Waals surface area contributed by atoms with E-state index in [0.717, 1.165) is 23.4 Å². The number of aromatic nitrogens is 1. The minimum absolute atomic E-state index is 0.0155. The minimum atomic E-state index is -0.137. The molecule has 1 unspecified atom stereocenters. The summed E-state index contributed by atoms with van der Waals surface area (Å²) in [5.41, 5.74) is 6.30. The van der Waals surface area contributed by atoms with Crippen molar-refractivity contribution in [2.75, 3.05) is 25.5 Å². The maximum atomic E-state index is 13.6. The summed E-state index contributed by atoms with van der Waals surface area (Å²) in [5.74, 6) is 0.409. The van der Waals surface area contributed by atoms with Crippen LogP contribution in [0.5, 0.6) is 0 Å². The summed E-state index contributed by atoms with van der Waals surface area (Å²) in [6.45, 7) is 5.60. The second-order valence-electron chi connectivity index (χ2n) is 9.89. The van der Waals surface area contributed by atoms with Gasteiger partial charge in [0.05, 0.1) is 18.3 Å². The lowest BCUT2D eigenvalue weighted by Gasteiger charge is -2.32. The number of amides is 2. The van der Waals surface area contributed by atoms with Crippen molar-refractivity contribution in [2.24, 2.45) is 5.92 Å². The SMILES string of the molecule is CC(C)CNC(=O)N1Cc2c(sc3c2CCCC3)-n2cccc2C1c1ccc(N(C)C)cc1. The maximum Gasteiger partial charge on any atom is 0.318 e. The van der Waals surface area contributed by atoms with Gasteiger partial charge in [-0.1, -0.05) is 26.0 Å². The highest BCUT2D eigenvalue weighted by atomic mass is 32.1. The van der Waals surface area contributed by atoms with Crippen LogP contribution in [0.2, 0.25) is 0 Å². The quantitative estimate of drug-likeness (QED) is 0.536. The van der Waals surface area contributed by atoms with Crippen molar-refractivity contribution in [3.8, 4) is 5.00 Å². The molecule has 0 saturated carbocycles. The molecule has 6 heteroatoms. The molecular weight excluding hydrogens is 428 g/mol. The van der Waals surface area contributed by atoms with Gasteiger partial charge in [-0.15, -0.1) is 11.3 Å². The van der Waals surface area contributed by atoms with Gasteiger partial charge in [-0.25, -0.2) is 4.79 Å². The number of nitrogens with zero attached hydrogens (tertiary/aromatic N) is 3. The van der Waals surface area contributed by atoms with Crippen LogP contribution in [-0.4, -0.2) is 36.1 Å². The summed E-state index contributed by atoms with van der Waals surface area (Å²) in [6, 6.07) is 12.8. The predicted molar refractivity (Wildman–Crippen MR) is 137 cm³/mol. The van der Waals surface area contributed by atoms with Crippen molar-refractivity contribution in [1.82, 2.24) is 14.8 Å². The van der Waals surface area contributed by atoms with E-state index in [1.807, 2.05) is 11.3 Å². The first kappa shape index (κ1) is 22.1. The molecule has 1 atom stereocenters. The lowest BCUT2D eigenvalue weighted by molar-refractivity contribution is 0.179. The molecule has 2 amide bonds. The highest BCUT2D eigenvalue weighted by Gasteiger charge is 2.36. The third-order valence-corrected chi connectivity index (χ3v) is 8.16. The Morgan fingerprint density at radius 1 is 1.12 bits per heavy atom. The lowest BCUT2D eigenvalue weighted by Crippen LogP contribution is -2.43. The van der Waals surface area contributed by atoms with Crippen molar-refractivity contribution < 1.29 is 4.79 Å². The van der Waals surface area contributed by atoms with Crippen molar-refractivity contribution in [3.63, 3.8) is 0 Å². The van der Waals surface area contributed by atoms with E-state index in [4.69, 9.17) is 0 Å². The van der Waals surface area contributed by atoms with Crippen molar-refractivity contribution in [2.45, 2.75) is 52.1 Å². The topological polar surface area (TPSA) is 40.5 Å². The Hall–Kier alpha value is -2.73. The molecule has 5 rings (SSSR count). The van der Waals surface area contributed by atoms with E-state index < -0.39 is 0 Å². The zero-order valence-corrected chi connectivity index (χ0v) is 20.9. The molecule has 174 valence electrons. The van der Waals surface area contributed by atoms with Gasteiger partial charge in [0.15, 0.2) is 0 Å². The maximum absolute atomic E-state index is 13.6. The molecular formula is C27H34N4OS. The molecule has 1 aliphatic heterocycles. The molecule has 3 heterocycles. The lowest BCUT2D eigenvalue weighted by atomic mass is 9.95. The number of rotatable bonds is 4. The van der Waals surface area contributed by atoms with E-state index in [9.17, 15) is 4.79 Å². The number of nitrogens with one attached hydrogen (secondary N) is 1. The first-order chi connectivity index (χ1) is 15.9. The molecule has 0 bridgehead atoms. The Kier molecular flexibility index (Phi) is 5.95. The van der Waals surface area contributed by atoms with Gasteiger partial charge >= 0.3 is 6.03 Å². The van der Waals surface area contributed by atoms with Gasteiger partial charge in [0.2, 0.25) is 0 Å². The monoisotopic (exact) mass is 462 g/mol. The summed E-state index contributed by atoms with van der Waals surface area (Å²) in [6.07, 6.45) is 6.97. The summed E-state index contributed by atoms with van der Waals surface area (Å²) in [5, 5.41) is 4.51. The van der Waals surface area contributed by atoms with Crippen LogP contribution in [0.3, 0.4) is 0 Å². The number of hydrogen-bond donors (Lipinski definition) is 1. The number of fused-ring (bicyclic) bond motifs is 5. The fraction of sp³-hybridized carbons (Fsp3) is 0.444. The molecule has 33 heavy (non-hydrogen) atoms. The molecule has 3 aromatic rings. The summed E-state index contributed by atoms with van der Waals surface area (Å²) in [4.78, 5) is 19.3. The van der Waals surface area contributed by atoms with Crippen LogP contribution in [0, 0.1) is 5.92 Å². The van der Waals surface area contributed by atoms with Gasteiger partial charge in [0.25, 0.3) is 0 Å². The zero-order chi connectivity index (χ0) is 23.1. The fourth-order valence-electron chi connectivity index (χ4n) is 5.09. The molecule has 2 aromatic heterocycles. The number of urea groups is 1. The van der Waals surface area contributed by atoms with Crippen LogP contribution in [0.1, 0.15) is 60.0 Å². The van der Waals surface area contributed by atoms with Gasteiger partial charge in [-0.2, -0.15) is 0 Å². The molecule has 1 N–H and O–H groups in total. The van der Waals surface area contributed by atoms with Gasteiger partial charge in [0, 0.05) is 43.0 Å². The fourth-order valence-corrected chi connectivity index (χ4v) is 6.49. The normalized spacial score (nSPS) is 17.2. The largest absolute Gasteiger partial charge is 0.378 e. The van der Waals surface area contributed by atoms with E-state index in [1.165, 1.54) is 40.3 Å². The van der Waals surface area contributed by atoms with E-state index in [0.29, 0.717) is 19.0 Å². The highest BCUT2D eigenvalue weighted by Crippen LogP contribution is 2.44. The molecule has 0 spiro atoms. The Labute approximate surface area is 201 Å². The molecule has 2 aliphatic rings. The summed E-state index contributed by atoms with van der Waals surface area (Å²) >= 11 is 1.93. The van der Waals surface area contributed by atoms with Gasteiger partial charge in [0.1, 0.15) is 5.00 Å². The number of carbonyl (C=O) groups excluding carboxylic acids is 1. The van der Waals surface area contributed by atoms with E-state index in [-0.39, 0.29) is 12.1 Å². The molecule has 0 saturated heterocycles. The smallest absolute Gasteiger partial charge is 0.318 e. The number of hydrogen-bond acceptors (Lipinski definition) is 3.